The molecule has 2 aliphatic heterocycles. The molecule has 1 atom stereocenters. The summed E-state index contributed by atoms with van der Waals surface area (Å²) in [7, 11) is 0. The topological polar surface area (TPSA) is 79.7 Å². The number of hydrogen-bond donors (Lipinski definition) is 1. The lowest BCUT2D eigenvalue weighted by atomic mass is 9.96. The predicted octanol–water partition coefficient (Wildman–Crippen LogP) is 2.06. The van der Waals surface area contributed by atoms with Crippen molar-refractivity contribution in [3.05, 3.63) is 23.8 Å². The van der Waals surface area contributed by atoms with Gasteiger partial charge in [-0.2, -0.15) is 0 Å². The van der Waals surface area contributed by atoms with Crippen molar-refractivity contribution in [3.8, 4) is 0 Å². The van der Waals surface area contributed by atoms with Crippen molar-refractivity contribution in [2.24, 2.45) is 11.1 Å². The van der Waals surface area contributed by atoms with Crippen LogP contribution in [0, 0.1) is 12.8 Å². The lowest BCUT2D eigenvalue weighted by molar-refractivity contribution is -0.115. The molecule has 1 N–H and O–H groups in total. The SMILES string of the molecule is CCC(CC)CN1CC[C@@]2(CC(C(=O)NCc3cnc(C)cn3)=NO2)C1. The van der Waals surface area contributed by atoms with E-state index in [1.165, 1.54) is 12.8 Å². The Hall–Kier alpha value is -2.02. The number of likely N-dealkylation sites (tertiary alicyclic amines) is 1. The monoisotopic (exact) mass is 359 g/mol. The standard InChI is InChI=1S/C19H29N5O2/c1-4-15(5-2)12-24-7-6-19(13-24)8-17(23-26-19)18(25)22-11-16-10-20-14(3)9-21-16/h9-10,15H,4-8,11-13H2,1-3H3,(H,22,25)/t19-/m1/s1. The number of nitrogens with one attached hydrogen (secondary N) is 1. The average Bonchev–Trinajstić information content (AvgIpc) is 3.26. The molecule has 7 nitrogen and oxygen atoms in total. The Balaban J connectivity index is 1.48. The molecule has 1 aromatic rings. The predicted molar refractivity (Wildman–Crippen MR) is 99.6 cm³/mol. The molecule has 0 saturated carbocycles. The van der Waals surface area contributed by atoms with Crippen molar-refractivity contribution < 1.29 is 9.63 Å². The summed E-state index contributed by atoms with van der Waals surface area (Å²) in [5.74, 6) is 0.550. The quantitative estimate of drug-likeness (QED) is 0.806. The van der Waals surface area contributed by atoms with Crippen LogP contribution in [0.4, 0.5) is 0 Å². The molecule has 0 aromatic carbocycles. The van der Waals surface area contributed by atoms with Gasteiger partial charge in [0.15, 0.2) is 5.60 Å². The maximum atomic E-state index is 12.4. The van der Waals surface area contributed by atoms with Gasteiger partial charge in [-0.15, -0.1) is 0 Å². The Morgan fingerprint density at radius 1 is 1.35 bits per heavy atom. The molecular weight excluding hydrogens is 330 g/mol. The first-order valence-corrected chi connectivity index (χ1v) is 9.56. The molecule has 1 fully saturated rings. The van der Waals surface area contributed by atoms with Crippen LogP contribution in [0.25, 0.3) is 0 Å². The van der Waals surface area contributed by atoms with Crippen LogP contribution in [0.15, 0.2) is 17.5 Å². The van der Waals surface area contributed by atoms with Crippen molar-refractivity contribution in [3.63, 3.8) is 0 Å². The smallest absolute Gasteiger partial charge is 0.269 e. The first-order chi connectivity index (χ1) is 12.5. The third-order valence-corrected chi connectivity index (χ3v) is 5.43. The molecule has 2 aliphatic rings. The number of aromatic nitrogens is 2. The van der Waals surface area contributed by atoms with Gasteiger partial charge in [0.2, 0.25) is 0 Å². The van der Waals surface area contributed by atoms with Crippen LogP contribution in [-0.4, -0.2) is 51.7 Å². The van der Waals surface area contributed by atoms with Gasteiger partial charge >= 0.3 is 0 Å². The molecule has 0 radical (unpaired) electrons. The Bertz CT molecular complexity index is 656. The minimum Gasteiger partial charge on any atom is -0.387 e. The van der Waals surface area contributed by atoms with Crippen molar-refractivity contribution >= 4 is 11.6 Å². The number of oxime groups is 1. The van der Waals surface area contributed by atoms with Crippen LogP contribution in [0.1, 0.15) is 50.9 Å². The number of amides is 1. The van der Waals surface area contributed by atoms with Crippen LogP contribution >= 0.6 is 0 Å². The van der Waals surface area contributed by atoms with Gasteiger partial charge in [-0.25, -0.2) is 0 Å². The number of hydrogen-bond acceptors (Lipinski definition) is 6. The fraction of sp³-hybridized carbons (Fsp3) is 0.684. The second-order valence-corrected chi connectivity index (χ2v) is 7.49. The molecule has 1 amide bonds. The first kappa shape index (κ1) is 18.8. The fourth-order valence-electron chi connectivity index (χ4n) is 3.64. The van der Waals surface area contributed by atoms with Crippen LogP contribution in [0.2, 0.25) is 0 Å². The van der Waals surface area contributed by atoms with Crippen LogP contribution in [-0.2, 0) is 16.2 Å². The van der Waals surface area contributed by atoms with Crippen molar-refractivity contribution in [2.75, 3.05) is 19.6 Å². The van der Waals surface area contributed by atoms with Gasteiger partial charge < -0.3 is 10.2 Å². The normalized spacial score (nSPS) is 22.7. The second kappa shape index (κ2) is 8.12. The van der Waals surface area contributed by atoms with Gasteiger partial charge in [0.1, 0.15) is 5.71 Å². The molecule has 142 valence electrons. The van der Waals surface area contributed by atoms with E-state index in [-0.39, 0.29) is 11.5 Å². The molecule has 1 spiro atoms. The molecule has 1 saturated heterocycles. The zero-order valence-electron chi connectivity index (χ0n) is 16.0. The largest absolute Gasteiger partial charge is 0.387 e. The number of carbonyl (C=O) groups is 1. The lowest BCUT2D eigenvalue weighted by Gasteiger charge is -2.24. The van der Waals surface area contributed by atoms with Crippen molar-refractivity contribution in [1.29, 1.82) is 0 Å². The van der Waals surface area contributed by atoms with Gasteiger partial charge in [0, 0.05) is 38.7 Å². The van der Waals surface area contributed by atoms with Crippen molar-refractivity contribution in [2.45, 2.75) is 58.6 Å². The summed E-state index contributed by atoms with van der Waals surface area (Å²) in [5, 5.41) is 6.96. The summed E-state index contributed by atoms with van der Waals surface area (Å²) in [5.41, 5.74) is 1.75. The number of carbonyl (C=O) groups excluding carboxylic acids is 1. The van der Waals surface area contributed by atoms with E-state index >= 15 is 0 Å². The Kier molecular flexibility index (Phi) is 5.86. The summed E-state index contributed by atoms with van der Waals surface area (Å²) >= 11 is 0. The maximum absolute atomic E-state index is 12.4. The third-order valence-electron chi connectivity index (χ3n) is 5.43. The van der Waals surface area contributed by atoms with E-state index in [1.54, 1.807) is 12.4 Å². The Labute approximate surface area is 155 Å². The number of aryl methyl sites for hydroxylation is 1. The molecule has 3 heterocycles. The van der Waals surface area contributed by atoms with E-state index in [0.29, 0.717) is 18.7 Å². The molecule has 3 rings (SSSR count). The zero-order valence-corrected chi connectivity index (χ0v) is 16.0. The van der Waals surface area contributed by atoms with E-state index in [0.717, 1.165) is 43.4 Å². The maximum Gasteiger partial charge on any atom is 0.269 e. The Morgan fingerprint density at radius 2 is 2.15 bits per heavy atom. The van der Waals surface area contributed by atoms with E-state index < -0.39 is 0 Å². The summed E-state index contributed by atoms with van der Waals surface area (Å²) in [6.45, 7) is 9.69. The molecule has 0 bridgehead atoms. The highest BCUT2D eigenvalue weighted by Gasteiger charge is 2.46. The van der Waals surface area contributed by atoms with Gasteiger partial charge in [-0.1, -0.05) is 31.8 Å². The minimum atomic E-state index is -0.317. The van der Waals surface area contributed by atoms with E-state index in [1.807, 2.05) is 6.92 Å². The highest BCUT2D eigenvalue weighted by atomic mass is 16.7. The molecule has 0 unspecified atom stereocenters. The summed E-state index contributed by atoms with van der Waals surface area (Å²) in [6.07, 6.45) is 7.28. The Morgan fingerprint density at radius 3 is 2.85 bits per heavy atom. The average molecular weight is 359 g/mol. The van der Waals surface area contributed by atoms with Crippen molar-refractivity contribution in [1.82, 2.24) is 20.2 Å². The molecular formula is C19H29N5O2. The molecule has 26 heavy (non-hydrogen) atoms. The van der Waals surface area contributed by atoms with Gasteiger partial charge in [0.25, 0.3) is 5.91 Å². The zero-order chi connectivity index (χ0) is 18.6. The lowest BCUT2D eigenvalue weighted by Crippen LogP contribution is -2.37. The molecule has 1 aromatic heterocycles. The van der Waals surface area contributed by atoms with E-state index in [9.17, 15) is 4.79 Å². The highest BCUT2D eigenvalue weighted by molar-refractivity contribution is 6.39. The van der Waals surface area contributed by atoms with Gasteiger partial charge in [0.05, 0.1) is 24.1 Å². The van der Waals surface area contributed by atoms with Crippen LogP contribution in [0.5, 0.6) is 0 Å². The minimum absolute atomic E-state index is 0.178. The first-order valence-electron chi connectivity index (χ1n) is 9.56. The van der Waals surface area contributed by atoms with Gasteiger partial charge in [-0.05, 0) is 12.8 Å². The van der Waals surface area contributed by atoms with E-state index in [4.69, 9.17) is 4.84 Å². The second-order valence-electron chi connectivity index (χ2n) is 7.49. The molecule has 0 aliphatic carbocycles. The summed E-state index contributed by atoms with van der Waals surface area (Å²) < 4.78 is 0. The number of rotatable bonds is 7. The van der Waals surface area contributed by atoms with Gasteiger partial charge in [-0.3, -0.25) is 19.7 Å². The molecule has 7 heteroatoms. The third kappa shape index (κ3) is 4.38. The van der Waals surface area contributed by atoms with E-state index in [2.05, 4.69) is 39.2 Å². The summed E-state index contributed by atoms with van der Waals surface area (Å²) in [6, 6.07) is 0. The van der Waals surface area contributed by atoms with Crippen LogP contribution < -0.4 is 5.32 Å². The fourth-order valence-corrected chi connectivity index (χ4v) is 3.64. The highest BCUT2D eigenvalue weighted by Crippen LogP contribution is 2.34. The summed E-state index contributed by atoms with van der Waals surface area (Å²) in [4.78, 5) is 29.0. The van der Waals surface area contributed by atoms with Crippen LogP contribution in [0.3, 0.4) is 0 Å². The number of nitrogens with zero attached hydrogens (tertiary/aromatic N) is 4.